The molecule has 0 spiro atoms. The molecule has 0 aliphatic carbocycles. The van der Waals surface area contributed by atoms with Crippen molar-refractivity contribution in [2.24, 2.45) is 0 Å². The molecule has 0 heterocycles. The molecule has 0 bridgehead atoms. The topological polar surface area (TPSA) is 95.5 Å². The van der Waals surface area contributed by atoms with E-state index in [1.807, 2.05) is 19.1 Å². The van der Waals surface area contributed by atoms with Gasteiger partial charge in [-0.25, -0.2) is 4.79 Å². The van der Waals surface area contributed by atoms with Crippen LogP contribution in [0.1, 0.15) is 37.0 Å². The van der Waals surface area contributed by atoms with Crippen molar-refractivity contribution in [2.45, 2.75) is 36.8 Å². The fourth-order valence-corrected chi connectivity index (χ4v) is 3.17. The second-order valence-electron chi connectivity index (χ2n) is 5.96. The van der Waals surface area contributed by atoms with Crippen LogP contribution in [0, 0.1) is 0 Å². The quantitative estimate of drug-likeness (QED) is 0.590. The van der Waals surface area contributed by atoms with Gasteiger partial charge < -0.3 is 15.7 Å². The Morgan fingerprint density at radius 3 is 2.37 bits per heavy atom. The predicted octanol–water partition coefficient (Wildman–Crippen LogP) is 4.24. The number of amides is 2. The third-order valence-corrected chi connectivity index (χ3v) is 4.79. The minimum Gasteiger partial charge on any atom is -0.478 e. The molecular weight excluding hydrogens is 364 g/mol. The molecule has 0 aliphatic rings. The summed E-state index contributed by atoms with van der Waals surface area (Å²) in [4.78, 5) is 35.8. The summed E-state index contributed by atoms with van der Waals surface area (Å²) in [5, 5.41) is 14.2. The van der Waals surface area contributed by atoms with Crippen LogP contribution in [0.4, 0.5) is 11.4 Å². The molecular formula is C20H22N2O4S. The molecule has 1 atom stereocenters. The highest BCUT2D eigenvalue weighted by atomic mass is 32.2. The minimum atomic E-state index is -1.04. The number of benzene rings is 2. The number of thioether (sulfide) groups is 1. The van der Waals surface area contributed by atoms with E-state index in [9.17, 15) is 14.4 Å². The van der Waals surface area contributed by atoms with Crippen LogP contribution in [0.2, 0.25) is 0 Å². The van der Waals surface area contributed by atoms with Crippen molar-refractivity contribution in [1.82, 2.24) is 0 Å². The standard InChI is InChI=1S/C20H22N2O4S/c1-3-5-18(23)21-15-8-10-17(11-9-15)27-13(2)19(24)22-16-7-4-6-14(12-16)20(25)26/h4,6-13H,3,5H2,1-2H3,(H,21,23)(H,22,24)(H,25,26). The van der Waals surface area contributed by atoms with Gasteiger partial charge in [0.05, 0.1) is 10.8 Å². The van der Waals surface area contributed by atoms with Gasteiger partial charge >= 0.3 is 5.97 Å². The lowest BCUT2D eigenvalue weighted by atomic mass is 10.2. The van der Waals surface area contributed by atoms with Gasteiger partial charge in [-0.05, 0) is 55.8 Å². The molecule has 0 saturated carbocycles. The number of carbonyl (C=O) groups is 3. The highest BCUT2D eigenvalue weighted by Gasteiger charge is 2.15. The Kier molecular flexibility index (Phi) is 7.43. The fraction of sp³-hybridized carbons (Fsp3) is 0.250. The molecule has 0 aromatic heterocycles. The first-order valence-corrected chi connectivity index (χ1v) is 9.47. The van der Waals surface area contributed by atoms with Crippen molar-refractivity contribution in [3.8, 4) is 0 Å². The summed E-state index contributed by atoms with van der Waals surface area (Å²) in [5.41, 5.74) is 1.29. The Labute approximate surface area is 162 Å². The van der Waals surface area contributed by atoms with Gasteiger partial charge in [0.2, 0.25) is 11.8 Å². The minimum absolute atomic E-state index is 0.0192. The third kappa shape index (κ3) is 6.45. The zero-order chi connectivity index (χ0) is 19.8. The molecule has 2 amide bonds. The van der Waals surface area contributed by atoms with Crippen molar-refractivity contribution < 1.29 is 19.5 Å². The van der Waals surface area contributed by atoms with Crippen LogP contribution in [-0.4, -0.2) is 28.1 Å². The number of anilines is 2. The van der Waals surface area contributed by atoms with Gasteiger partial charge in [0.1, 0.15) is 0 Å². The summed E-state index contributed by atoms with van der Waals surface area (Å²) in [6.07, 6.45) is 1.28. The molecule has 1 unspecified atom stereocenters. The van der Waals surface area contributed by atoms with Crippen LogP contribution in [0.25, 0.3) is 0 Å². The van der Waals surface area contributed by atoms with E-state index in [1.165, 1.54) is 23.9 Å². The zero-order valence-corrected chi connectivity index (χ0v) is 16.0. The molecule has 0 saturated heterocycles. The number of carbonyl (C=O) groups excluding carboxylic acids is 2. The summed E-state index contributed by atoms with van der Waals surface area (Å²) in [7, 11) is 0. The van der Waals surface area contributed by atoms with Gasteiger partial charge in [-0.2, -0.15) is 0 Å². The van der Waals surface area contributed by atoms with Crippen LogP contribution in [0.5, 0.6) is 0 Å². The van der Waals surface area contributed by atoms with E-state index >= 15 is 0 Å². The first-order chi connectivity index (χ1) is 12.9. The Morgan fingerprint density at radius 1 is 1.04 bits per heavy atom. The van der Waals surface area contributed by atoms with Gasteiger partial charge in [-0.1, -0.05) is 13.0 Å². The number of hydrogen-bond donors (Lipinski definition) is 3. The lowest BCUT2D eigenvalue weighted by Gasteiger charge is -2.13. The molecule has 3 N–H and O–H groups in total. The Hall–Kier alpha value is -2.80. The van der Waals surface area contributed by atoms with Gasteiger partial charge in [0.15, 0.2) is 0 Å². The lowest BCUT2D eigenvalue weighted by molar-refractivity contribution is -0.116. The van der Waals surface area contributed by atoms with Crippen LogP contribution < -0.4 is 10.6 Å². The van der Waals surface area contributed by atoms with Crippen LogP contribution in [0.3, 0.4) is 0 Å². The van der Waals surface area contributed by atoms with E-state index in [-0.39, 0.29) is 22.6 Å². The molecule has 2 aromatic rings. The lowest BCUT2D eigenvalue weighted by Crippen LogP contribution is -2.22. The number of hydrogen-bond acceptors (Lipinski definition) is 4. The smallest absolute Gasteiger partial charge is 0.335 e. The van der Waals surface area contributed by atoms with Crippen molar-refractivity contribution >= 4 is 40.9 Å². The third-order valence-electron chi connectivity index (χ3n) is 3.67. The number of rotatable bonds is 8. The highest BCUT2D eigenvalue weighted by Crippen LogP contribution is 2.26. The molecule has 7 heteroatoms. The maximum Gasteiger partial charge on any atom is 0.335 e. The number of nitrogens with one attached hydrogen (secondary N) is 2. The molecule has 2 aromatic carbocycles. The largest absolute Gasteiger partial charge is 0.478 e. The van der Waals surface area contributed by atoms with Crippen molar-refractivity contribution in [3.05, 3.63) is 54.1 Å². The Morgan fingerprint density at radius 2 is 1.74 bits per heavy atom. The van der Waals surface area contributed by atoms with Gasteiger partial charge in [-0.15, -0.1) is 11.8 Å². The monoisotopic (exact) mass is 386 g/mol. The van der Waals surface area contributed by atoms with E-state index in [0.717, 1.165) is 17.0 Å². The van der Waals surface area contributed by atoms with Gasteiger partial charge in [0.25, 0.3) is 0 Å². The van der Waals surface area contributed by atoms with Crippen molar-refractivity contribution in [3.63, 3.8) is 0 Å². The first-order valence-electron chi connectivity index (χ1n) is 8.60. The predicted molar refractivity (Wildman–Crippen MR) is 107 cm³/mol. The molecule has 6 nitrogen and oxygen atoms in total. The molecule has 0 fully saturated rings. The maximum absolute atomic E-state index is 12.3. The first kappa shape index (κ1) is 20.5. The number of carboxylic acids is 1. The van der Waals surface area contributed by atoms with E-state index in [4.69, 9.17) is 5.11 Å². The normalized spacial score (nSPS) is 11.5. The Balaban J connectivity index is 1.93. The summed E-state index contributed by atoms with van der Waals surface area (Å²) < 4.78 is 0. The van der Waals surface area contributed by atoms with E-state index < -0.39 is 5.97 Å². The number of aromatic carboxylic acids is 1. The summed E-state index contributed by atoms with van der Waals surface area (Å²) in [5.74, 6) is -1.28. The van der Waals surface area contributed by atoms with Gasteiger partial charge in [0, 0.05) is 22.7 Å². The molecule has 0 aliphatic heterocycles. The Bertz CT molecular complexity index is 821. The van der Waals surface area contributed by atoms with E-state index in [2.05, 4.69) is 10.6 Å². The summed E-state index contributed by atoms with van der Waals surface area (Å²) in [6.45, 7) is 3.72. The molecule has 27 heavy (non-hydrogen) atoms. The highest BCUT2D eigenvalue weighted by molar-refractivity contribution is 8.00. The van der Waals surface area contributed by atoms with Crippen LogP contribution in [-0.2, 0) is 9.59 Å². The van der Waals surface area contributed by atoms with Crippen molar-refractivity contribution in [2.75, 3.05) is 10.6 Å². The fourth-order valence-electron chi connectivity index (χ4n) is 2.30. The zero-order valence-electron chi connectivity index (χ0n) is 15.2. The van der Waals surface area contributed by atoms with Crippen molar-refractivity contribution in [1.29, 1.82) is 0 Å². The summed E-state index contributed by atoms with van der Waals surface area (Å²) >= 11 is 1.38. The van der Waals surface area contributed by atoms with E-state index in [1.54, 1.807) is 31.2 Å². The molecule has 142 valence electrons. The number of carboxylic acid groups (broad SMARTS) is 1. The second kappa shape index (κ2) is 9.78. The van der Waals surface area contributed by atoms with Crippen LogP contribution >= 0.6 is 11.8 Å². The second-order valence-corrected chi connectivity index (χ2v) is 7.37. The summed E-state index contributed by atoms with van der Waals surface area (Å²) in [6, 6.07) is 13.4. The van der Waals surface area contributed by atoms with Gasteiger partial charge in [-0.3, -0.25) is 9.59 Å². The SMILES string of the molecule is CCCC(=O)Nc1ccc(SC(C)C(=O)Nc2cccc(C(=O)O)c2)cc1. The average Bonchev–Trinajstić information content (AvgIpc) is 2.63. The maximum atomic E-state index is 12.3. The molecule has 2 rings (SSSR count). The molecule has 0 radical (unpaired) electrons. The van der Waals surface area contributed by atoms with Crippen LogP contribution in [0.15, 0.2) is 53.4 Å². The van der Waals surface area contributed by atoms with E-state index in [0.29, 0.717) is 12.1 Å². The average molecular weight is 386 g/mol.